The third-order valence-corrected chi connectivity index (χ3v) is 4.36. The van der Waals surface area contributed by atoms with Crippen molar-refractivity contribution in [3.05, 3.63) is 39.9 Å². The quantitative estimate of drug-likeness (QED) is 0.674. The molecule has 0 aromatic carbocycles. The second-order valence-corrected chi connectivity index (χ2v) is 5.91. The second-order valence-electron chi connectivity index (χ2n) is 5.00. The van der Waals surface area contributed by atoms with Crippen LogP contribution >= 0.6 is 11.3 Å². The molecule has 0 saturated carbocycles. The van der Waals surface area contributed by atoms with Gasteiger partial charge in [-0.3, -0.25) is 0 Å². The van der Waals surface area contributed by atoms with E-state index >= 15 is 0 Å². The molecule has 0 amide bonds. The molecule has 2 heterocycles. The largest absolute Gasteiger partial charge is 0.323 e. The van der Waals surface area contributed by atoms with Crippen molar-refractivity contribution < 1.29 is 0 Å². The van der Waals surface area contributed by atoms with Gasteiger partial charge in [-0.25, -0.2) is 9.97 Å². The number of fused-ring (bicyclic) bond motifs is 1. The lowest BCUT2D eigenvalue weighted by molar-refractivity contribution is 0.758. The fraction of sp³-hybridized carbons (Fsp3) is 0.250. The first-order chi connectivity index (χ1) is 10.8. The van der Waals surface area contributed by atoms with Crippen LogP contribution in [-0.4, -0.2) is 9.97 Å². The van der Waals surface area contributed by atoms with E-state index in [-0.39, 0.29) is 0 Å². The Morgan fingerprint density at radius 2 is 2.14 bits per heavy atom. The second kappa shape index (κ2) is 6.38. The van der Waals surface area contributed by atoms with Crippen LogP contribution in [0, 0.1) is 22.7 Å². The summed E-state index contributed by atoms with van der Waals surface area (Å²) < 4.78 is 0. The SMILES string of the molecule is N#C/C=C1\CCCCc2nc(Nc3csc(C#N)c3)ncc21. The topological polar surface area (TPSA) is 85.4 Å². The smallest absolute Gasteiger partial charge is 0.227 e. The van der Waals surface area contributed by atoms with Gasteiger partial charge >= 0.3 is 0 Å². The van der Waals surface area contributed by atoms with Gasteiger partial charge in [-0.1, -0.05) is 0 Å². The van der Waals surface area contributed by atoms with Crippen molar-refractivity contribution in [2.24, 2.45) is 0 Å². The average molecular weight is 307 g/mol. The number of nitrogens with one attached hydrogen (secondary N) is 1. The molecule has 1 aliphatic carbocycles. The Labute approximate surface area is 132 Å². The van der Waals surface area contributed by atoms with E-state index in [1.807, 2.05) is 5.38 Å². The van der Waals surface area contributed by atoms with Gasteiger partial charge in [0, 0.05) is 23.2 Å². The van der Waals surface area contributed by atoms with Crippen molar-refractivity contribution in [2.75, 3.05) is 5.32 Å². The van der Waals surface area contributed by atoms with Crippen molar-refractivity contribution in [3.8, 4) is 12.1 Å². The van der Waals surface area contributed by atoms with Gasteiger partial charge in [-0.05, 0) is 37.3 Å². The lowest BCUT2D eigenvalue weighted by Gasteiger charge is -2.09. The highest BCUT2D eigenvalue weighted by Gasteiger charge is 2.15. The zero-order valence-electron chi connectivity index (χ0n) is 11.8. The molecule has 6 heteroatoms. The van der Waals surface area contributed by atoms with Gasteiger partial charge < -0.3 is 5.32 Å². The number of allylic oxidation sites excluding steroid dienone is 2. The molecule has 0 bridgehead atoms. The zero-order valence-corrected chi connectivity index (χ0v) is 12.7. The van der Waals surface area contributed by atoms with Crippen LogP contribution in [0.25, 0.3) is 5.57 Å². The molecule has 1 aliphatic rings. The van der Waals surface area contributed by atoms with E-state index in [1.54, 1.807) is 18.3 Å². The molecule has 0 unspecified atom stereocenters. The average Bonchev–Trinajstić information content (AvgIpc) is 2.89. The molecule has 1 N–H and O–H groups in total. The van der Waals surface area contributed by atoms with E-state index in [4.69, 9.17) is 10.5 Å². The van der Waals surface area contributed by atoms with Crippen LogP contribution in [0.1, 0.15) is 35.4 Å². The van der Waals surface area contributed by atoms with E-state index in [1.165, 1.54) is 11.3 Å². The number of thiophene rings is 1. The first kappa shape index (κ1) is 14.2. The van der Waals surface area contributed by atoms with Gasteiger partial charge in [0.05, 0.1) is 17.5 Å². The summed E-state index contributed by atoms with van der Waals surface area (Å²) in [5, 5.41) is 22.8. The van der Waals surface area contributed by atoms with Crippen LogP contribution in [0.2, 0.25) is 0 Å². The summed E-state index contributed by atoms with van der Waals surface area (Å²) >= 11 is 1.38. The van der Waals surface area contributed by atoms with Crippen LogP contribution in [0.5, 0.6) is 0 Å². The number of nitriles is 2. The minimum Gasteiger partial charge on any atom is -0.323 e. The van der Waals surface area contributed by atoms with Gasteiger partial charge in [-0.15, -0.1) is 11.3 Å². The lowest BCUT2D eigenvalue weighted by Crippen LogP contribution is -2.02. The van der Waals surface area contributed by atoms with Gasteiger partial charge in [0.1, 0.15) is 10.9 Å². The minimum atomic E-state index is 0.527. The van der Waals surface area contributed by atoms with Crippen LogP contribution in [0.4, 0.5) is 11.6 Å². The Balaban J connectivity index is 1.90. The first-order valence-corrected chi connectivity index (χ1v) is 7.88. The monoisotopic (exact) mass is 307 g/mol. The Hall–Kier alpha value is -2.70. The highest BCUT2D eigenvalue weighted by Crippen LogP contribution is 2.29. The normalized spacial score (nSPS) is 15.5. The van der Waals surface area contributed by atoms with Crippen LogP contribution < -0.4 is 5.32 Å². The predicted octanol–water partition coefficient (Wildman–Crippen LogP) is 3.79. The maximum atomic E-state index is 8.91. The zero-order chi connectivity index (χ0) is 15.4. The Morgan fingerprint density at radius 1 is 1.27 bits per heavy atom. The number of hydrogen-bond acceptors (Lipinski definition) is 6. The molecule has 0 fully saturated rings. The summed E-state index contributed by atoms with van der Waals surface area (Å²) in [6.45, 7) is 0. The summed E-state index contributed by atoms with van der Waals surface area (Å²) in [4.78, 5) is 9.58. The Kier molecular flexibility index (Phi) is 4.13. The molecule has 0 atom stereocenters. The molecule has 0 saturated heterocycles. The van der Waals surface area contributed by atoms with E-state index in [0.717, 1.165) is 48.2 Å². The van der Waals surface area contributed by atoms with Crippen molar-refractivity contribution >= 4 is 28.5 Å². The first-order valence-electron chi connectivity index (χ1n) is 7.01. The molecule has 2 aromatic heterocycles. The molecular formula is C16H13N5S. The molecule has 3 rings (SSSR count). The van der Waals surface area contributed by atoms with Crippen LogP contribution in [-0.2, 0) is 6.42 Å². The molecular weight excluding hydrogens is 294 g/mol. The van der Waals surface area contributed by atoms with Crippen LogP contribution in [0.15, 0.2) is 23.7 Å². The van der Waals surface area contributed by atoms with Crippen molar-refractivity contribution in [2.45, 2.75) is 25.7 Å². The number of nitrogens with zero attached hydrogens (tertiary/aromatic N) is 4. The maximum Gasteiger partial charge on any atom is 0.227 e. The summed E-state index contributed by atoms with van der Waals surface area (Å²) in [7, 11) is 0. The van der Waals surface area contributed by atoms with Crippen molar-refractivity contribution in [3.63, 3.8) is 0 Å². The summed E-state index contributed by atoms with van der Waals surface area (Å²) in [5.41, 5.74) is 3.80. The lowest BCUT2D eigenvalue weighted by atomic mass is 10.0. The van der Waals surface area contributed by atoms with E-state index in [9.17, 15) is 0 Å². The van der Waals surface area contributed by atoms with E-state index in [2.05, 4.69) is 27.4 Å². The maximum absolute atomic E-state index is 8.91. The highest BCUT2D eigenvalue weighted by molar-refractivity contribution is 7.11. The highest BCUT2D eigenvalue weighted by atomic mass is 32.1. The Bertz CT molecular complexity index is 807. The van der Waals surface area contributed by atoms with Gasteiger partial charge in [-0.2, -0.15) is 10.5 Å². The number of anilines is 2. The fourth-order valence-electron chi connectivity index (χ4n) is 2.50. The molecule has 22 heavy (non-hydrogen) atoms. The Morgan fingerprint density at radius 3 is 2.91 bits per heavy atom. The summed E-state index contributed by atoms with van der Waals surface area (Å²) in [6, 6.07) is 6.00. The fourth-order valence-corrected chi connectivity index (χ4v) is 3.12. The molecule has 0 spiro atoms. The van der Waals surface area contributed by atoms with Gasteiger partial charge in [0.15, 0.2) is 0 Å². The third kappa shape index (κ3) is 2.98. The van der Waals surface area contributed by atoms with Gasteiger partial charge in [0.2, 0.25) is 5.95 Å². The molecule has 5 nitrogen and oxygen atoms in total. The number of aromatic nitrogens is 2. The standard InChI is InChI=1S/C16H13N5S/c17-6-5-11-3-1-2-4-15-14(11)9-19-16(21-15)20-12-7-13(8-18)22-10-12/h5,7,9-10H,1-4H2,(H,19,20,21)/b11-5+. The van der Waals surface area contributed by atoms with E-state index in [0.29, 0.717) is 10.8 Å². The number of aryl methyl sites for hydroxylation is 1. The molecule has 2 aromatic rings. The molecule has 0 aliphatic heterocycles. The summed E-state index contributed by atoms with van der Waals surface area (Å²) in [5.74, 6) is 0.527. The summed E-state index contributed by atoms with van der Waals surface area (Å²) in [6.07, 6.45) is 7.29. The van der Waals surface area contributed by atoms with Crippen LogP contribution in [0.3, 0.4) is 0 Å². The molecule has 108 valence electrons. The van der Waals surface area contributed by atoms with Gasteiger partial charge in [0.25, 0.3) is 0 Å². The molecule has 0 radical (unpaired) electrons. The minimum absolute atomic E-state index is 0.527. The van der Waals surface area contributed by atoms with Crippen molar-refractivity contribution in [1.29, 1.82) is 10.5 Å². The number of hydrogen-bond donors (Lipinski definition) is 1. The third-order valence-electron chi connectivity index (χ3n) is 3.53. The van der Waals surface area contributed by atoms with Crippen molar-refractivity contribution in [1.82, 2.24) is 9.97 Å². The van der Waals surface area contributed by atoms with E-state index < -0.39 is 0 Å². The number of rotatable bonds is 2. The predicted molar refractivity (Wildman–Crippen MR) is 85.5 cm³/mol.